The van der Waals surface area contributed by atoms with Gasteiger partial charge in [0, 0.05) is 0 Å². The predicted octanol–water partition coefficient (Wildman–Crippen LogP) is -0.419. The summed E-state index contributed by atoms with van der Waals surface area (Å²) in [7, 11) is 1.23. The SMILES string of the molecule is CCOC(=O)C(N)C(=O)N[C@@H](CC(C)C)C(=O)OC. The van der Waals surface area contributed by atoms with Gasteiger partial charge in [-0.05, 0) is 19.3 Å². The van der Waals surface area contributed by atoms with Gasteiger partial charge in [0.15, 0.2) is 6.04 Å². The minimum absolute atomic E-state index is 0.131. The Morgan fingerprint density at radius 3 is 2.21 bits per heavy atom. The van der Waals surface area contributed by atoms with Crippen molar-refractivity contribution < 1.29 is 23.9 Å². The van der Waals surface area contributed by atoms with Crippen LogP contribution in [0.4, 0.5) is 0 Å². The lowest BCUT2D eigenvalue weighted by Crippen LogP contribution is -2.52. The van der Waals surface area contributed by atoms with E-state index in [0.29, 0.717) is 6.42 Å². The highest BCUT2D eigenvalue weighted by Gasteiger charge is 2.29. The molecule has 0 fully saturated rings. The molecule has 0 heterocycles. The van der Waals surface area contributed by atoms with Crippen LogP contribution < -0.4 is 11.1 Å². The van der Waals surface area contributed by atoms with Crippen molar-refractivity contribution in [1.29, 1.82) is 0 Å². The average Bonchev–Trinajstić information content (AvgIpc) is 2.35. The highest BCUT2D eigenvalue weighted by molar-refractivity contribution is 6.02. The Bertz CT molecular complexity index is 330. The van der Waals surface area contributed by atoms with Gasteiger partial charge in [0.05, 0.1) is 13.7 Å². The number of nitrogens with two attached hydrogens (primary N) is 1. The third-order valence-electron chi connectivity index (χ3n) is 2.33. The van der Waals surface area contributed by atoms with Crippen LogP contribution in [0.15, 0.2) is 0 Å². The van der Waals surface area contributed by atoms with Gasteiger partial charge in [0.1, 0.15) is 6.04 Å². The molecule has 1 amide bonds. The highest BCUT2D eigenvalue weighted by atomic mass is 16.5. The molecule has 0 saturated heterocycles. The fraction of sp³-hybridized carbons (Fsp3) is 0.750. The monoisotopic (exact) mass is 274 g/mol. The van der Waals surface area contributed by atoms with Gasteiger partial charge >= 0.3 is 11.9 Å². The standard InChI is InChI=1S/C12H22N2O5/c1-5-19-12(17)9(13)10(15)14-8(6-7(2)3)11(16)18-4/h7-9H,5-6,13H2,1-4H3,(H,14,15)/t8-,9?/m0/s1. The second-order valence-corrected chi connectivity index (χ2v) is 4.44. The van der Waals surface area contributed by atoms with Gasteiger partial charge < -0.3 is 20.5 Å². The van der Waals surface area contributed by atoms with Gasteiger partial charge in [-0.1, -0.05) is 13.8 Å². The first-order chi connectivity index (χ1) is 8.83. The minimum atomic E-state index is -1.45. The maximum Gasteiger partial charge on any atom is 0.332 e. The van der Waals surface area contributed by atoms with E-state index in [1.807, 2.05) is 13.8 Å². The summed E-state index contributed by atoms with van der Waals surface area (Å²) in [5.74, 6) is -1.98. The summed E-state index contributed by atoms with van der Waals surface area (Å²) in [5.41, 5.74) is 5.43. The third-order valence-corrected chi connectivity index (χ3v) is 2.33. The van der Waals surface area contributed by atoms with Crippen LogP contribution in [0.5, 0.6) is 0 Å². The zero-order chi connectivity index (χ0) is 15.0. The number of hydrogen-bond donors (Lipinski definition) is 2. The van der Waals surface area contributed by atoms with Gasteiger partial charge in [-0.3, -0.25) is 4.79 Å². The van der Waals surface area contributed by atoms with Crippen molar-refractivity contribution in [3.63, 3.8) is 0 Å². The molecule has 0 aromatic heterocycles. The van der Waals surface area contributed by atoms with E-state index in [2.05, 4.69) is 14.8 Å². The van der Waals surface area contributed by atoms with Crippen molar-refractivity contribution in [2.75, 3.05) is 13.7 Å². The van der Waals surface area contributed by atoms with Crippen LogP contribution in [-0.2, 0) is 23.9 Å². The molecular formula is C12H22N2O5. The molecule has 0 aromatic rings. The van der Waals surface area contributed by atoms with Gasteiger partial charge in [0.25, 0.3) is 0 Å². The number of carbonyl (C=O) groups is 3. The molecule has 7 nitrogen and oxygen atoms in total. The summed E-state index contributed by atoms with van der Waals surface area (Å²) in [6, 6.07) is -2.27. The molecule has 0 aliphatic rings. The summed E-state index contributed by atoms with van der Waals surface area (Å²) in [5, 5.41) is 2.40. The average molecular weight is 274 g/mol. The Labute approximate surface area is 112 Å². The molecule has 1 unspecified atom stereocenters. The molecule has 0 aromatic carbocycles. The van der Waals surface area contributed by atoms with Crippen LogP contribution >= 0.6 is 0 Å². The van der Waals surface area contributed by atoms with E-state index in [1.54, 1.807) is 6.92 Å². The van der Waals surface area contributed by atoms with Crippen LogP contribution in [0.3, 0.4) is 0 Å². The van der Waals surface area contributed by atoms with Crippen LogP contribution in [-0.4, -0.2) is 43.6 Å². The van der Waals surface area contributed by atoms with Gasteiger partial charge in [-0.25, -0.2) is 9.59 Å². The first-order valence-corrected chi connectivity index (χ1v) is 6.13. The smallest absolute Gasteiger partial charge is 0.332 e. The Hall–Kier alpha value is -1.63. The first kappa shape index (κ1) is 17.4. The van der Waals surface area contributed by atoms with Crippen molar-refractivity contribution in [2.45, 2.75) is 39.3 Å². The Morgan fingerprint density at radius 2 is 1.79 bits per heavy atom. The highest BCUT2D eigenvalue weighted by Crippen LogP contribution is 2.06. The quantitative estimate of drug-likeness (QED) is 0.482. The van der Waals surface area contributed by atoms with E-state index in [-0.39, 0.29) is 12.5 Å². The summed E-state index contributed by atoms with van der Waals surface area (Å²) in [4.78, 5) is 34.5. The number of hydrogen-bond acceptors (Lipinski definition) is 6. The number of nitrogens with one attached hydrogen (secondary N) is 1. The van der Waals surface area contributed by atoms with Crippen molar-refractivity contribution in [2.24, 2.45) is 11.7 Å². The van der Waals surface area contributed by atoms with Crippen molar-refractivity contribution in [3.8, 4) is 0 Å². The minimum Gasteiger partial charge on any atom is -0.467 e. The summed E-state index contributed by atoms with van der Waals surface area (Å²) >= 11 is 0. The van der Waals surface area contributed by atoms with E-state index >= 15 is 0 Å². The second-order valence-electron chi connectivity index (χ2n) is 4.44. The van der Waals surface area contributed by atoms with Gasteiger partial charge in [-0.2, -0.15) is 0 Å². The Morgan fingerprint density at radius 1 is 1.21 bits per heavy atom. The van der Waals surface area contributed by atoms with Crippen LogP contribution in [0.25, 0.3) is 0 Å². The fourth-order valence-corrected chi connectivity index (χ4v) is 1.43. The molecule has 0 spiro atoms. The molecule has 0 aliphatic heterocycles. The zero-order valence-corrected chi connectivity index (χ0v) is 11.8. The number of methoxy groups -OCH3 is 1. The topological polar surface area (TPSA) is 108 Å². The van der Waals surface area contributed by atoms with Crippen molar-refractivity contribution in [3.05, 3.63) is 0 Å². The lowest BCUT2D eigenvalue weighted by molar-refractivity contribution is -0.151. The number of rotatable bonds is 7. The summed E-state index contributed by atoms with van der Waals surface area (Å²) < 4.78 is 9.22. The molecule has 7 heteroatoms. The van der Waals surface area contributed by atoms with E-state index < -0.39 is 29.9 Å². The number of ether oxygens (including phenoxy) is 2. The maximum atomic E-state index is 11.7. The molecule has 0 bridgehead atoms. The normalized spacial score (nSPS) is 13.6. The van der Waals surface area contributed by atoms with Crippen molar-refractivity contribution in [1.82, 2.24) is 5.32 Å². The van der Waals surface area contributed by atoms with Gasteiger partial charge in [0.2, 0.25) is 5.91 Å². The largest absolute Gasteiger partial charge is 0.467 e. The Balaban J connectivity index is 4.61. The maximum absolute atomic E-state index is 11.7. The predicted molar refractivity (Wildman–Crippen MR) is 68.0 cm³/mol. The third kappa shape index (κ3) is 6.19. The van der Waals surface area contributed by atoms with Crippen molar-refractivity contribution >= 4 is 17.8 Å². The van der Waals surface area contributed by atoms with E-state index in [1.165, 1.54) is 7.11 Å². The first-order valence-electron chi connectivity index (χ1n) is 6.13. The molecule has 0 rings (SSSR count). The van der Waals surface area contributed by atoms with E-state index in [4.69, 9.17) is 5.73 Å². The molecule has 0 radical (unpaired) electrons. The van der Waals surface area contributed by atoms with Crippen LogP contribution in [0, 0.1) is 5.92 Å². The summed E-state index contributed by atoms with van der Waals surface area (Å²) in [6.07, 6.45) is 0.397. The van der Waals surface area contributed by atoms with Crippen LogP contribution in [0.2, 0.25) is 0 Å². The van der Waals surface area contributed by atoms with E-state index in [0.717, 1.165) is 0 Å². The molecule has 0 aliphatic carbocycles. The number of esters is 2. The van der Waals surface area contributed by atoms with Crippen LogP contribution in [0.1, 0.15) is 27.2 Å². The second kappa shape index (κ2) is 8.47. The number of carbonyl (C=O) groups excluding carboxylic acids is 3. The Kier molecular flexibility index (Phi) is 7.74. The summed E-state index contributed by atoms with van der Waals surface area (Å²) in [6.45, 7) is 5.53. The molecular weight excluding hydrogens is 252 g/mol. The molecule has 110 valence electrons. The fourth-order valence-electron chi connectivity index (χ4n) is 1.43. The molecule has 19 heavy (non-hydrogen) atoms. The zero-order valence-electron chi connectivity index (χ0n) is 11.8. The lowest BCUT2D eigenvalue weighted by atomic mass is 10.0. The lowest BCUT2D eigenvalue weighted by Gasteiger charge is -2.19. The number of amides is 1. The molecule has 2 atom stereocenters. The van der Waals surface area contributed by atoms with Gasteiger partial charge in [-0.15, -0.1) is 0 Å². The molecule has 3 N–H and O–H groups in total. The molecule has 0 saturated carbocycles. The van der Waals surface area contributed by atoms with E-state index in [9.17, 15) is 14.4 Å².